The van der Waals surface area contributed by atoms with Gasteiger partial charge in [-0.1, -0.05) is 6.07 Å². The van der Waals surface area contributed by atoms with Crippen LogP contribution in [0.25, 0.3) is 0 Å². The van der Waals surface area contributed by atoms with Crippen molar-refractivity contribution in [2.75, 3.05) is 48.1 Å². The summed E-state index contributed by atoms with van der Waals surface area (Å²) in [6, 6.07) is 5.40. The van der Waals surface area contributed by atoms with Crippen molar-refractivity contribution in [2.45, 2.75) is 24.9 Å². The molecule has 2 saturated heterocycles. The molecule has 1 N–H and O–H groups in total. The molecule has 2 aliphatic rings. The Bertz CT molecular complexity index is 716. The molecule has 0 bridgehead atoms. The summed E-state index contributed by atoms with van der Waals surface area (Å²) in [6.07, 6.45) is 1.31. The zero-order chi connectivity index (χ0) is 19.6. The number of hydrogen-bond donors (Lipinski definition) is 1. The van der Waals surface area contributed by atoms with Crippen LogP contribution in [0.2, 0.25) is 0 Å². The minimum absolute atomic E-state index is 0.111. The molecule has 2 heterocycles. The van der Waals surface area contributed by atoms with Crippen LogP contribution in [-0.2, 0) is 11.3 Å². The third kappa shape index (κ3) is 3.86. The Kier molecular flexibility index (Phi) is 5.57. The lowest BCUT2D eigenvalue weighted by Gasteiger charge is -2.35. The monoisotopic (exact) mass is 376 g/mol. The largest absolute Gasteiger partial charge is 0.493 e. The number of piperidine rings is 1. The molecule has 0 saturated carbocycles. The topological polar surface area (TPSA) is 74.4 Å². The zero-order valence-corrected chi connectivity index (χ0v) is 16.4. The van der Waals surface area contributed by atoms with E-state index >= 15 is 0 Å². The van der Waals surface area contributed by atoms with Crippen LogP contribution in [0.15, 0.2) is 18.2 Å². The third-order valence-electron chi connectivity index (χ3n) is 5.37. The van der Waals surface area contributed by atoms with Gasteiger partial charge in [-0.05, 0) is 44.6 Å². The van der Waals surface area contributed by atoms with Gasteiger partial charge in [0.05, 0.1) is 20.9 Å². The Morgan fingerprint density at radius 2 is 1.81 bits per heavy atom. The summed E-state index contributed by atoms with van der Waals surface area (Å²) in [5, 5.41) is 2.94. The minimum Gasteiger partial charge on any atom is -0.493 e. The van der Waals surface area contributed by atoms with Crippen LogP contribution in [-0.4, -0.2) is 80.3 Å². The van der Waals surface area contributed by atoms with Crippen LogP contribution in [0.4, 0.5) is 4.79 Å². The number of urea groups is 1. The van der Waals surface area contributed by atoms with Crippen molar-refractivity contribution in [3.8, 4) is 11.5 Å². The normalized spacial score (nSPS) is 19.7. The molecule has 0 atom stereocenters. The molecule has 3 rings (SSSR count). The first-order chi connectivity index (χ1) is 12.9. The molecular formula is C19H28N4O4. The van der Waals surface area contributed by atoms with Gasteiger partial charge < -0.3 is 19.7 Å². The Labute approximate surface area is 160 Å². The number of carbonyl (C=O) groups excluding carboxylic acids is 2. The van der Waals surface area contributed by atoms with Crippen LogP contribution < -0.4 is 14.8 Å². The molecule has 27 heavy (non-hydrogen) atoms. The second-order valence-corrected chi connectivity index (χ2v) is 7.39. The third-order valence-corrected chi connectivity index (χ3v) is 5.37. The Morgan fingerprint density at radius 1 is 1.15 bits per heavy atom. The van der Waals surface area contributed by atoms with E-state index in [9.17, 15) is 9.59 Å². The number of rotatable bonds is 6. The van der Waals surface area contributed by atoms with E-state index in [1.807, 2.05) is 37.2 Å². The summed E-state index contributed by atoms with van der Waals surface area (Å²) in [5.41, 5.74) is 0.282. The summed E-state index contributed by atoms with van der Waals surface area (Å²) in [4.78, 5) is 30.8. The average Bonchev–Trinajstić information content (AvgIpc) is 2.88. The molecule has 0 aliphatic carbocycles. The van der Waals surface area contributed by atoms with Gasteiger partial charge in [0, 0.05) is 19.6 Å². The van der Waals surface area contributed by atoms with Gasteiger partial charge in [-0.15, -0.1) is 0 Å². The fourth-order valence-electron chi connectivity index (χ4n) is 3.73. The highest BCUT2D eigenvalue weighted by Gasteiger charge is 2.52. The second-order valence-electron chi connectivity index (χ2n) is 7.39. The molecule has 2 fully saturated rings. The molecule has 8 nitrogen and oxygen atoms in total. The predicted molar refractivity (Wildman–Crippen MR) is 101 cm³/mol. The number of ether oxygens (including phenoxy) is 2. The van der Waals surface area contributed by atoms with Crippen molar-refractivity contribution >= 4 is 11.9 Å². The van der Waals surface area contributed by atoms with Crippen molar-refractivity contribution < 1.29 is 19.1 Å². The minimum atomic E-state index is -0.728. The molecule has 148 valence electrons. The lowest BCUT2D eigenvalue weighted by Crippen LogP contribution is -2.54. The molecular weight excluding hydrogens is 348 g/mol. The number of likely N-dealkylation sites (tertiary alicyclic amines) is 1. The van der Waals surface area contributed by atoms with Gasteiger partial charge in [0.25, 0.3) is 5.91 Å². The number of benzene rings is 1. The van der Waals surface area contributed by atoms with Gasteiger partial charge >= 0.3 is 6.03 Å². The van der Waals surface area contributed by atoms with Crippen LogP contribution >= 0.6 is 0 Å². The van der Waals surface area contributed by atoms with Gasteiger partial charge in [0.15, 0.2) is 11.5 Å². The standard InChI is InChI=1S/C19H28N4O4/c1-21-9-7-19(8-10-21)17(24)23(18(25)20-19)13-22(2)12-14-5-6-15(26-3)16(11-14)27-4/h5-6,11H,7-10,12-13H2,1-4H3,(H,20,25). The second kappa shape index (κ2) is 7.74. The van der Waals surface area contributed by atoms with Crippen LogP contribution in [0, 0.1) is 0 Å². The van der Waals surface area contributed by atoms with E-state index in [-0.39, 0.29) is 18.6 Å². The van der Waals surface area contributed by atoms with Crippen LogP contribution in [0.3, 0.4) is 0 Å². The predicted octanol–water partition coefficient (Wildman–Crippen LogP) is 1.11. The summed E-state index contributed by atoms with van der Waals surface area (Å²) in [7, 11) is 7.11. The summed E-state index contributed by atoms with van der Waals surface area (Å²) in [5.74, 6) is 1.21. The number of nitrogens with one attached hydrogen (secondary N) is 1. The molecule has 0 aromatic heterocycles. The Balaban J connectivity index is 1.65. The summed E-state index contributed by atoms with van der Waals surface area (Å²) in [6.45, 7) is 2.44. The van der Waals surface area contributed by atoms with E-state index in [0.717, 1.165) is 18.7 Å². The maximum atomic E-state index is 12.9. The van der Waals surface area contributed by atoms with Crippen molar-refractivity contribution in [3.05, 3.63) is 23.8 Å². The number of imide groups is 1. The highest BCUT2D eigenvalue weighted by Crippen LogP contribution is 2.30. The highest BCUT2D eigenvalue weighted by molar-refractivity contribution is 6.07. The average molecular weight is 376 g/mol. The zero-order valence-electron chi connectivity index (χ0n) is 16.4. The first kappa shape index (κ1) is 19.4. The van der Waals surface area contributed by atoms with E-state index in [4.69, 9.17) is 9.47 Å². The smallest absolute Gasteiger partial charge is 0.326 e. The number of hydrogen-bond acceptors (Lipinski definition) is 6. The fourth-order valence-corrected chi connectivity index (χ4v) is 3.73. The van der Waals surface area contributed by atoms with Crippen LogP contribution in [0.5, 0.6) is 11.5 Å². The van der Waals surface area contributed by atoms with E-state index in [1.54, 1.807) is 14.2 Å². The highest BCUT2D eigenvalue weighted by atomic mass is 16.5. The molecule has 1 aromatic carbocycles. The summed E-state index contributed by atoms with van der Waals surface area (Å²) >= 11 is 0. The first-order valence-electron chi connectivity index (χ1n) is 9.10. The van der Waals surface area contributed by atoms with Gasteiger partial charge in [-0.3, -0.25) is 9.69 Å². The Morgan fingerprint density at radius 3 is 2.44 bits per heavy atom. The Hall–Kier alpha value is -2.32. The molecule has 1 aromatic rings. The lowest BCUT2D eigenvalue weighted by atomic mass is 9.88. The van der Waals surface area contributed by atoms with Crippen molar-refractivity contribution in [1.82, 2.24) is 20.0 Å². The fraction of sp³-hybridized carbons (Fsp3) is 0.579. The van der Waals surface area contributed by atoms with Gasteiger partial charge in [-0.2, -0.15) is 0 Å². The number of nitrogens with zero attached hydrogens (tertiary/aromatic N) is 3. The molecule has 3 amide bonds. The first-order valence-corrected chi connectivity index (χ1v) is 9.10. The van der Waals surface area contributed by atoms with Gasteiger partial charge in [-0.25, -0.2) is 9.69 Å². The van der Waals surface area contributed by atoms with E-state index in [2.05, 4.69) is 10.2 Å². The molecule has 8 heteroatoms. The van der Waals surface area contributed by atoms with E-state index in [0.29, 0.717) is 30.9 Å². The molecule has 1 spiro atoms. The van der Waals surface area contributed by atoms with Crippen molar-refractivity contribution in [3.63, 3.8) is 0 Å². The van der Waals surface area contributed by atoms with Gasteiger partial charge in [0.2, 0.25) is 0 Å². The van der Waals surface area contributed by atoms with Crippen molar-refractivity contribution in [1.29, 1.82) is 0 Å². The molecule has 2 aliphatic heterocycles. The number of carbonyl (C=O) groups is 2. The number of methoxy groups -OCH3 is 2. The quantitative estimate of drug-likeness (QED) is 0.750. The lowest BCUT2D eigenvalue weighted by molar-refractivity contribution is -0.134. The van der Waals surface area contributed by atoms with Crippen LogP contribution in [0.1, 0.15) is 18.4 Å². The SMILES string of the molecule is COc1ccc(CN(C)CN2C(=O)NC3(CCN(C)CC3)C2=O)cc1OC. The van der Waals surface area contributed by atoms with E-state index in [1.165, 1.54) is 4.90 Å². The molecule has 0 unspecified atom stereocenters. The maximum absolute atomic E-state index is 12.9. The van der Waals surface area contributed by atoms with Crippen molar-refractivity contribution in [2.24, 2.45) is 0 Å². The number of amides is 3. The summed E-state index contributed by atoms with van der Waals surface area (Å²) < 4.78 is 10.6. The maximum Gasteiger partial charge on any atom is 0.326 e. The van der Waals surface area contributed by atoms with E-state index < -0.39 is 5.54 Å². The molecule has 0 radical (unpaired) electrons. The van der Waals surface area contributed by atoms with Gasteiger partial charge in [0.1, 0.15) is 5.54 Å².